The van der Waals surface area contributed by atoms with Gasteiger partial charge in [-0.2, -0.15) is 4.91 Å². The number of carbonyl (C=O) groups excluding carboxylic acids is 1. The van der Waals surface area contributed by atoms with Gasteiger partial charge in [-0.25, -0.2) is 4.79 Å². The molecule has 1 heterocycles. The number of rotatable bonds is 11. The van der Waals surface area contributed by atoms with Crippen molar-refractivity contribution in [2.45, 2.75) is 46.5 Å². The van der Waals surface area contributed by atoms with Gasteiger partial charge >= 0.3 is 5.97 Å². The highest BCUT2D eigenvalue weighted by Crippen LogP contribution is 2.31. The molecule has 0 saturated carbocycles. The van der Waals surface area contributed by atoms with Crippen LogP contribution in [0.15, 0.2) is 39.3 Å². The van der Waals surface area contributed by atoms with E-state index in [-0.39, 0.29) is 12.5 Å². The molecule has 1 aliphatic rings. The van der Waals surface area contributed by atoms with Crippen LogP contribution in [0.3, 0.4) is 0 Å². The van der Waals surface area contributed by atoms with Crippen LogP contribution in [-0.4, -0.2) is 31.5 Å². The molecule has 0 aromatic carbocycles. The monoisotopic (exact) mass is 479 g/mol. The van der Waals surface area contributed by atoms with Gasteiger partial charge in [0.2, 0.25) is 0 Å². The Balaban J connectivity index is 3.28. The maximum atomic E-state index is 12.1. The Labute approximate surface area is 166 Å². The normalized spacial score (nSPS) is 16.5. The van der Waals surface area contributed by atoms with Gasteiger partial charge in [-0.05, 0) is 53.0 Å². The molecule has 0 N–H and O–H groups in total. The van der Waals surface area contributed by atoms with Crippen molar-refractivity contribution in [3.05, 3.63) is 39.0 Å². The highest BCUT2D eigenvalue weighted by molar-refractivity contribution is 14.2. The number of hydrogen-bond donors (Lipinski definition) is 0. The molecular formula is C18H26INO4S. The van der Waals surface area contributed by atoms with Gasteiger partial charge in [-0.3, -0.25) is 0 Å². The maximum absolute atomic E-state index is 12.1. The summed E-state index contributed by atoms with van der Waals surface area (Å²) < 4.78 is 11.2. The second kappa shape index (κ2) is 12.5. The summed E-state index contributed by atoms with van der Waals surface area (Å²) in [5.74, 6) is 1.24. The number of halogens is 1. The van der Waals surface area contributed by atoms with Crippen molar-refractivity contribution in [3.63, 3.8) is 0 Å². The van der Waals surface area contributed by atoms with E-state index in [2.05, 4.69) is 40.2 Å². The van der Waals surface area contributed by atoms with Crippen LogP contribution < -0.4 is 0 Å². The van der Waals surface area contributed by atoms with Crippen molar-refractivity contribution in [1.29, 1.82) is 0 Å². The molecule has 0 aromatic rings. The predicted molar refractivity (Wildman–Crippen MR) is 112 cm³/mol. The number of nitroso groups, excluding NO2 is 1. The zero-order chi connectivity index (χ0) is 18.7. The van der Waals surface area contributed by atoms with Crippen LogP contribution in [0.1, 0.15) is 46.5 Å². The maximum Gasteiger partial charge on any atom is 0.337 e. The van der Waals surface area contributed by atoms with Gasteiger partial charge < -0.3 is 9.47 Å². The molecule has 0 aromatic heterocycles. The van der Waals surface area contributed by atoms with E-state index in [0.717, 1.165) is 29.7 Å². The van der Waals surface area contributed by atoms with E-state index in [0.29, 0.717) is 37.4 Å². The molecule has 7 heteroatoms. The number of cyclic esters (lactones) is 1. The van der Waals surface area contributed by atoms with E-state index in [1.165, 1.54) is 5.57 Å². The molecule has 0 atom stereocenters. The van der Waals surface area contributed by atoms with E-state index >= 15 is 0 Å². The average Bonchev–Trinajstić information content (AvgIpc) is 3.02. The molecule has 0 radical (unpaired) electrons. The summed E-state index contributed by atoms with van der Waals surface area (Å²) in [5.41, 5.74) is 3.85. The highest BCUT2D eigenvalue weighted by Gasteiger charge is 2.27. The number of esters is 1. The minimum Gasteiger partial charge on any atom is -0.492 e. The Morgan fingerprint density at radius 3 is 2.64 bits per heavy atom. The quantitative estimate of drug-likeness (QED) is 0.0744. The van der Waals surface area contributed by atoms with Crippen LogP contribution in [0.5, 0.6) is 0 Å². The molecule has 25 heavy (non-hydrogen) atoms. The first kappa shape index (κ1) is 22.2. The Hall–Kier alpha value is -0.830. The lowest BCUT2D eigenvalue weighted by Crippen LogP contribution is -2.09. The standard InChI is InChI=1S/C18H26INO4S/c1-4-14(5-2)15(7-6-13(3)12-20-22)17(23-10-11-25-19)16-8-9-24-18(16)21/h6H,4-5,7-12H2,1-3H3/b13-6+,17-16-. The largest absolute Gasteiger partial charge is 0.492 e. The van der Waals surface area contributed by atoms with Gasteiger partial charge in [0.15, 0.2) is 0 Å². The fourth-order valence-corrected chi connectivity index (χ4v) is 3.38. The van der Waals surface area contributed by atoms with Crippen molar-refractivity contribution in [2.75, 3.05) is 25.5 Å². The number of ether oxygens (including phenoxy) is 2. The fraction of sp³-hybridized carbons (Fsp3) is 0.611. The van der Waals surface area contributed by atoms with Crippen molar-refractivity contribution in [1.82, 2.24) is 0 Å². The molecule has 1 fully saturated rings. The SMILES string of the molecule is CCC(CC)=C(C/C=C(\C)CN=O)/C(OCCSI)=C1\CCOC1=O. The fourth-order valence-electron chi connectivity index (χ4n) is 2.69. The summed E-state index contributed by atoms with van der Waals surface area (Å²) in [7, 11) is 1.67. The molecule has 1 saturated heterocycles. The Morgan fingerprint density at radius 1 is 1.40 bits per heavy atom. The molecule has 0 aliphatic carbocycles. The second-order valence-corrected chi connectivity index (χ2v) is 8.18. The zero-order valence-electron chi connectivity index (χ0n) is 15.1. The first-order valence-electron chi connectivity index (χ1n) is 8.51. The van der Waals surface area contributed by atoms with E-state index in [4.69, 9.17) is 9.47 Å². The van der Waals surface area contributed by atoms with Crippen molar-refractivity contribution in [2.24, 2.45) is 5.18 Å². The van der Waals surface area contributed by atoms with Crippen LogP contribution in [0.4, 0.5) is 0 Å². The molecular weight excluding hydrogens is 453 g/mol. The van der Waals surface area contributed by atoms with Crippen LogP contribution in [0, 0.1) is 4.91 Å². The number of nitrogens with zero attached hydrogens (tertiary/aromatic N) is 1. The Bertz CT molecular complexity index is 563. The number of allylic oxidation sites excluding steroid dienone is 3. The molecule has 5 nitrogen and oxygen atoms in total. The Morgan fingerprint density at radius 2 is 2.12 bits per heavy atom. The summed E-state index contributed by atoms with van der Waals surface area (Å²) in [5, 5.41) is 2.94. The molecule has 0 spiro atoms. The third kappa shape index (κ3) is 7.13. The third-order valence-electron chi connectivity index (χ3n) is 4.04. The van der Waals surface area contributed by atoms with Gasteiger partial charge in [0.1, 0.15) is 12.3 Å². The lowest BCUT2D eigenvalue weighted by atomic mass is 9.95. The summed E-state index contributed by atoms with van der Waals surface area (Å²) in [4.78, 5) is 22.6. The van der Waals surface area contributed by atoms with Crippen LogP contribution >= 0.6 is 30.1 Å². The molecule has 1 rings (SSSR count). The third-order valence-corrected chi connectivity index (χ3v) is 5.68. The van der Waals surface area contributed by atoms with Crippen molar-refractivity contribution in [3.8, 4) is 0 Å². The average molecular weight is 479 g/mol. The topological polar surface area (TPSA) is 65.0 Å². The first-order chi connectivity index (χ1) is 12.1. The first-order valence-corrected chi connectivity index (χ1v) is 12.0. The summed E-state index contributed by atoms with van der Waals surface area (Å²) >= 11 is 2.23. The van der Waals surface area contributed by atoms with Gasteiger partial charge in [0.25, 0.3) is 0 Å². The lowest BCUT2D eigenvalue weighted by Gasteiger charge is -2.18. The summed E-state index contributed by atoms with van der Waals surface area (Å²) in [6, 6.07) is 0. The van der Waals surface area contributed by atoms with Crippen LogP contribution in [0.2, 0.25) is 0 Å². The molecule has 0 bridgehead atoms. The van der Waals surface area contributed by atoms with Gasteiger partial charge in [0, 0.05) is 12.2 Å². The van der Waals surface area contributed by atoms with Gasteiger partial charge in [-0.1, -0.05) is 45.2 Å². The zero-order valence-corrected chi connectivity index (χ0v) is 18.1. The van der Waals surface area contributed by atoms with E-state index in [1.54, 1.807) is 8.93 Å². The van der Waals surface area contributed by atoms with E-state index < -0.39 is 0 Å². The summed E-state index contributed by atoms with van der Waals surface area (Å²) in [6.07, 6.45) is 4.98. The predicted octanol–water partition coefficient (Wildman–Crippen LogP) is 5.51. The molecule has 0 amide bonds. The van der Waals surface area contributed by atoms with Crippen LogP contribution in [0.25, 0.3) is 0 Å². The van der Waals surface area contributed by atoms with E-state index in [1.807, 2.05) is 13.0 Å². The molecule has 0 unspecified atom stereocenters. The van der Waals surface area contributed by atoms with Crippen LogP contribution in [-0.2, 0) is 14.3 Å². The van der Waals surface area contributed by atoms with Crippen molar-refractivity contribution < 1.29 is 14.3 Å². The van der Waals surface area contributed by atoms with Crippen molar-refractivity contribution >= 4 is 36.1 Å². The highest BCUT2D eigenvalue weighted by atomic mass is 127. The van der Waals surface area contributed by atoms with Gasteiger partial charge in [0.05, 0.1) is 18.8 Å². The minimum absolute atomic E-state index is 0.182. The second-order valence-electron chi connectivity index (χ2n) is 5.69. The number of carbonyl (C=O) groups is 1. The summed E-state index contributed by atoms with van der Waals surface area (Å²) in [6.45, 7) is 7.24. The van der Waals surface area contributed by atoms with Gasteiger partial charge in [-0.15, -0.1) is 0 Å². The minimum atomic E-state index is -0.281. The Kier molecular flexibility index (Phi) is 11.1. The number of hydrogen-bond acceptors (Lipinski definition) is 6. The van der Waals surface area contributed by atoms with E-state index in [9.17, 15) is 9.70 Å². The molecule has 140 valence electrons. The smallest absolute Gasteiger partial charge is 0.337 e. The molecule has 1 aliphatic heterocycles. The lowest BCUT2D eigenvalue weighted by molar-refractivity contribution is -0.135.